The number of nitrogens with one attached hydrogen (secondary N) is 1. The fourth-order valence-corrected chi connectivity index (χ4v) is 3.63. The van der Waals surface area contributed by atoms with E-state index in [1.54, 1.807) is 13.3 Å². The van der Waals surface area contributed by atoms with Crippen LogP contribution in [0.1, 0.15) is 6.92 Å². The third-order valence-electron chi connectivity index (χ3n) is 5.14. The fourth-order valence-electron chi connectivity index (χ4n) is 3.63. The molecular weight excluding hydrogens is 392 g/mol. The highest BCUT2D eigenvalue weighted by atomic mass is 16.5. The van der Waals surface area contributed by atoms with Gasteiger partial charge in [0.15, 0.2) is 23.0 Å². The lowest BCUT2D eigenvalue weighted by atomic mass is 10.1. The number of hydrogen-bond donors (Lipinski definition) is 1. The van der Waals surface area contributed by atoms with Crippen LogP contribution < -0.4 is 14.8 Å². The number of nitrogens with zero attached hydrogens (tertiary/aromatic N) is 5. The molecule has 0 aliphatic heterocycles. The van der Waals surface area contributed by atoms with E-state index >= 15 is 0 Å². The van der Waals surface area contributed by atoms with Crippen molar-refractivity contribution in [3.8, 4) is 22.8 Å². The minimum absolute atomic E-state index is 0.572. The molecule has 0 amide bonds. The molecule has 0 fully saturated rings. The highest BCUT2D eigenvalue weighted by Gasteiger charge is 2.12. The van der Waals surface area contributed by atoms with Crippen molar-refractivity contribution in [2.24, 2.45) is 7.05 Å². The van der Waals surface area contributed by atoms with Gasteiger partial charge >= 0.3 is 0 Å². The normalized spacial score (nSPS) is 11.2. The second-order valence-corrected chi connectivity index (χ2v) is 7.10. The SMILES string of the molecule is CCOc1ccc(Nc2nc(-c3ccc4c(cnn4C)c3)cn3ccnc23)cc1OC. The van der Waals surface area contributed by atoms with E-state index in [1.165, 1.54) is 0 Å². The number of imidazole rings is 1. The predicted octanol–water partition coefficient (Wildman–Crippen LogP) is 4.43. The van der Waals surface area contributed by atoms with Crippen LogP contribution in [0.25, 0.3) is 27.8 Å². The summed E-state index contributed by atoms with van der Waals surface area (Å²) in [5, 5.41) is 8.78. The number of anilines is 2. The molecule has 0 spiro atoms. The third kappa shape index (κ3) is 3.42. The molecule has 2 aromatic carbocycles. The van der Waals surface area contributed by atoms with Crippen LogP contribution in [0.4, 0.5) is 11.5 Å². The van der Waals surface area contributed by atoms with Crippen LogP contribution in [0.3, 0.4) is 0 Å². The van der Waals surface area contributed by atoms with E-state index in [1.807, 2.05) is 59.8 Å². The van der Waals surface area contributed by atoms with Gasteiger partial charge in [0.05, 0.1) is 31.1 Å². The molecule has 156 valence electrons. The average molecular weight is 414 g/mol. The molecule has 0 atom stereocenters. The molecule has 5 aromatic rings. The molecule has 0 aliphatic carbocycles. The zero-order valence-electron chi connectivity index (χ0n) is 17.5. The van der Waals surface area contributed by atoms with Gasteiger partial charge < -0.3 is 19.2 Å². The Kier molecular flexibility index (Phi) is 4.66. The smallest absolute Gasteiger partial charge is 0.180 e. The van der Waals surface area contributed by atoms with E-state index in [-0.39, 0.29) is 0 Å². The second kappa shape index (κ2) is 7.64. The average Bonchev–Trinajstić information content (AvgIpc) is 3.41. The molecular formula is C23H22N6O2. The summed E-state index contributed by atoms with van der Waals surface area (Å²) < 4.78 is 14.9. The molecule has 0 aliphatic rings. The number of hydrogen-bond acceptors (Lipinski definition) is 6. The van der Waals surface area contributed by atoms with Crippen molar-refractivity contribution in [3.63, 3.8) is 0 Å². The number of benzene rings is 2. The first-order valence-electron chi connectivity index (χ1n) is 10.00. The minimum Gasteiger partial charge on any atom is -0.493 e. The molecule has 0 saturated carbocycles. The van der Waals surface area contributed by atoms with Gasteiger partial charge in [-0.25, -0.2) is 9.97 Å². The van der Waals surface area contributed by atoms with E-state index in [4.69, 9.17) is 14.5 Å². The maximum absolute atomic E-state index is 5.61. The maximum atomic E-state index is 5.61. The Morgan fingerprint density at radius 2 is 2.00 bits per heavy atom. The first-order chi connectivity index (χ1) is 15.2. The first kappa shape index (κ1) is 18.9. The third-order valence-corrected chi connectivity index (χ3v) is 5.14. The van der Waals surface area contributed by atoms with Crippen molar-refractivity contribution in [1.82, 2.24) is 24.1 Å². The lowest BCUT2D eigenvalue weighted by Crippen LogP contribution is -2.01. The summed E-state index contributed by atoms with van der Waals surface area (Å²) in [7, 11) is 3.56. The molecule has 8 nitrogen and oxygen atoms in total. The van der Waals surface area contributed by atoms with Gasteiger partial charge in [0, 0.05) is 48.3 Å². The molecule has 31 heavy (non-hydrogen) atoms. The van der Waals surface area contributed by atoms with Gasteiger partial charge in [0.2, 0.25) is 0 Å². The van der Waals surface area contributed by atoms with E-state index in [0.717, 1.165) is 33.5 Å². The largest absolute Gasteiger partial charge is 0.493 e. The number of aromatic nitrogens is 5. The van der Waals surface area contributed by atoms with Crippen LogP contribution in [0.5, 0.6) is 11.5 Å². The Labute approximate surface area is 179 Å². The number of aryl methyl sites for hydroxylation is 1. The molecule has 8 heteroatoms. The highest BCUT2D eigenvalue weighted by molar-refractivity contribution is 5.84. The van der Waals surface area contributed by atoms with Gasteiger partial charge in [-0.15, -0.1) is 0 Å². The topological polar surface area (TPSA) is 78.5 Å². The quantitative estimate of drug-likeness (QED) is 0.443. The zero-order valence-corrected chi connectivity index (χ0v) is 17.5. The summed E-state index contributed by atoms with van der Waals surface area (Å²) in [4.78, 5) is 9.33. The number of methoxy groups -OCH3 is 1. The van der Waals surface area contributed by atoms with Crippen molar-refractivity contribution in [2.75, 3.05) is 19.0 Å². The summed E-state index contributed by atoms with van der Waals surface area (Å²) in [6.07, 6.45) is 7.51. The summed E-state index contributed by atoms with van der Waals surface area (Å²) in [5.41, 5.74) is 4.48. The van der Waals surface area contributed by atoms with Crippen LogP contribution in [-0.4, -0.2) is 37.9 Å². The van der Waals surface area contributed by atoms with Gasteiger partial charge in [0.25, 0.3) is 0 Å². The molecule has 0 bridgehead atoms. The Balaban J connectivity index is 1.56. The first-order valence-corrected chi connectivity index (χ1v) is 10.00. The summed E-state index contributed by atoms with van der Waals surface area (Å²) in [6, 6.07) is 11.9. The van der Waals surface area contributed by atoms with Crippen molar-refractivity contribution < 1.29 is 9.47 Å². The summed E-state index contributed by atoms with van der Waals surface area (Å²) in [6.45, 7) is 2.52. The monoisotopic (exact) mass is 414 g/mol. The summed E-state index contributed by atoms with van der Waals surface area (Å²) in [5.74, 6) is 2.01. The maximum Gasteiger partial charge on any atom is 0.180 e. The van der Waals surface area contributed by atoms with Crippen LogP contribution in [0, 0.1) is 0 Å². The Morgan fingerprint density at radius 1 is 1.10 bits per heavy atom. The highest BCUT2D eigenvalue weighted by Crippen LogP contribution is 2.32. The molecule has 1 N–H and O–H groups in total. The minimum atomic E-state index is 0.572. The number of rotatable bonds is 6. The van der Waals surface area contributed by atoms with E-state index in [0.29, 0.717) is 23.9 Å². The molecule has 3 aromatic heterocycles. The van der Waals surface area contributed by atoms with Gasteiger partial charge in [0.1, 0.15) is 0 Å². The number of ether oxygens (including phenoxy) is 2. The van der Waals surface area contributed by atoms with Crippen LogP contribution in [-0.2, 0) is 7.05 Å². The van der Waals surface area contributed by atoms with Gasteiger partial charge in [-0.1, -0.05) is 6.07 Å². The molecule has 5 rings (SSSR count). The molecule has 3 heterocycles. The Hall–Kier alpha value is -4.07. The van der Waals surface area contributed by atoms with E-state index < -0.39 is 0 Å². The van der Waals surface area contributed by atoms with Crippen LogP contribution >= 0.6 is 0 Å². The van der Waals surface area contributed by atoms with E-state index in [9.17, 15) is 0 Å². The standard InChI is InChI=1S/C23H22N6O2/c1-4-31-20-8-6-17(12-21(20)30-3)26-22-23-24-9-10-29(23)14-18(27-22)15-5-7-19-16(11-15)13-25-28(19)2/h5-14H,4H2,1-3H3,(H,26,27). The van der Waals surface area contributed by atoms with Gasteiger partial charge in [-0.3, -0.25) is 4.68 Å². The molecule has 0 radical (unpaired) electrons. The molecule has 0 saturated heterocycles. The number of fused-ring (bicyclic) bond motifs is 2. The molecule has 0 unspecified atom stereocenters. The lowest BCUT2D eigenvalue weighted by Gasteiger charge is -2.13. The van der Waals surface area contributed by atoms with Crippen LogP contribution in [0.15, 0.2) is 61.2 Å². The van der Waals surface area contributed by atoms with Crippen molar-refractivity contribution in [2.45, 2.75) is 6.92 Å². The van der Waals surface area contributed by atoms with E-state index in [2.05, 4.69) is 33.6 Å². The Morgan fingerprint density at radius 3 is 2.84 bits per heavy atom. The Bertz CT molecular complexity index is 1390. The van der Waals surface area contributed by atoms with Gasteiger partial charge in [-0.2, -0.15) is 5.10 Å². The lowest BCUT2D eigenvalue weighted by molar-refractivity contribution is 0.311. The second-order valence-electron chi connectivity index (χ2n) is 7.10. The fraction of sp³-hybridized carbons (Fsp3) is 0.174. The van der Waals surface area contributed by atoms with Crippen LogP contribution in [0.2, 0.25) is 0 Å². The van der Waals surface area contributed by atoms with Crippen molar-refractivity contribution in [1.29, 1.82) is 0 Å². The predicted molar refractivity (Wildman–Crippen MR) is 120 cm³/mol. The van der Waals surface area contributed by atoms with Crippen molar-refractivity contribution in [3.05, 3.63) is 61.2 Å². The van der Waals surface area contributed by atoms with Crippen molar-refractivity contribution >= 4 is 28.1 Å². The zero-order chi connectivity index (χ0) is 21.4. The summed E-state index contributed by atoms with van der Waals surface area (Å²) >= 11 is 0. The van der Waals surface area contributed by atoms with Gasteiger partial charge in [-0.05, 0) is 31.2 Å².